The lowest BCUT2D eigenvalue weighted by Crippen LogP contribution is -2.53. The monoisotopic (exact) mass is 369 g/mol. The Labute approximate surface area is 148 Å². The topological polar surface area (TPSA) is 147 Å². The number of ether oxygens (including phenoxy) is 1. The third kappa shape index (κ3) is 3.02. The van der Waals surface area contributed by atoms with E-state index in [1.165, 1.54) is 4.57 Å². The molecule has 0 aliphatic carbocycles. The number of nitrogens with two attached hydrogens (primary N) is 1. The number of thiazole rings is 1. The van der Waals surface area contributed by atoms with Gasteiger partial charge < -0.3 is 21.1 Å². The van der Waals surface area contributed by atoms with Gasteiger partial charge in [0.1, 0.15) is 10.7 Å². The average Bonchev–Trinajstić information content (AvgIpc) is 3.05. The van der Waals surface area contributed by atoms with Crippen LogP contribution in [-0.4, -0.2) is 28.4 Å². The minimum atomic E-state index is -0.778. The molecular weight excluding hydrogens is 346 g/mol. The first-order chi connectivity index (χ1) is 11.9. The number of amides is 1. The largest absolute Gasteiger partial charge is 0.353 e. The van der Waals surface area contributed by atoms with Crippen LogP contribution in [0.2, 0.25) is 0 Å². The van der Waals surface area contributed by atoms with Gasteiger partial charge in [-0.15, -0.1) is 0 Å². The third-order valence-electron chi connectivity index (χ3n) is 4.72. The summed E-state index contributed by atoms with van der Waals surface area (Å²) < 4.78 is 7.56. The van der Waals surface area contributed by atoms with Gasteiger partial charge in [0.15, 0.2) is 12.5 Å². The number of rotatable bonds is 6. The van der Waals surface area contributed by atoms with Crippen molar-refractivity contribution in [2.24, 2.45) is 11.0 Å². The SMILES string of the molecule is CCCC1C[C@@](N)(CC)[C@H](n2c3c(sc2=O)C(=O)NC(NN=N)N3)O1. The smallest absolute Gasteiger partial charge is 0.311 e. The summed E-state index contributed by atoms with van der Waals surface area (Å²) in [5, 5.41) is 8.63. The second-order valence-corrected chi connectivity index (χ2v) is 7.36. The molecular formula is C14H23N7O3S. The average molecular weight is 369 g/mol. The molecule has 11 heteroatoms. The van der Waals surface area contributed by atoms with E-state index in [1.807, 2.05) is 6.92 Å². The zero-order valence-corrected chi connectivity index (χ0v) is 15.0. The number of nitrogens with zero attached hydrogens (tertiary/aromatic N) is 2. The molecule has 0 bridgehead atoms. The van der Waals surface area contributed by atoms with E-state index in [9.17, 15) is 9.59 Å². The van der Waals surface area contributed by atoms with E-state index in [4.69, 9.17) is 16.0 Å². The molecule has 2 unspecified atom stereocenters. The Morgan fingerprint density at radius 2 is 2.24 bits per heavy atom. The first-order valence-electron chi connectivity index (χ1n) is 8.32. The van der Waals surface area contributed by atoms with Gasteiger partial charge in [-0.1, -0.05) is 36.8 Å². The number of carbonyl (C=O) groups is 1. The van der Waals surface area contributed by atoms with Crippen molar-refractivity contribution in [2.45, 2.75) is 63.7 Å². The van der Waals surface area contributed by atoms with E-state index in [0.29, 0.717) is 18.7 Å². The molecule has 3 rings (SSSR count). The van der Waals surface area contributed by atoms with Crippen LogP contribution in [0.15, 0.2) is 10.0 Å². The molecule has 4 atom stereocenters. The fraction of sp³-hybridized carbons (Fsp3) is 0.714. The summed E-state index contributed by atoms with van der Waals surface area (Å²) in [5.74, 6) is -0.0525. The minimum absolute atomic E-state index is 0.0167. The summed E-state index contributed by atoms with van der Waals surface area (Å²) in [6.07, 6.45) is 1.70. The van der Waals surface area contributed by atoms with Gasteiger partial charge in [-0.3, -0.25) is 19.6 Å². The predicted octanol–water partition coefficient (Wildman–Crippen LogP) is 1.08. The first-order valence-corrected chi connectivity index (χ1v) is 9.14. The molecule has 0 saturated carbocycles. The Balaban J connectivity index is 2.02. The molecule has 1 aromatic heterocycles. The molecule has 138 valence electrons. The van der Waals surface area contributed by atoms with Gasteiger partial charge in [0.05, 0.1) is 11.6 Å². The van der Waals surface area contributed by atoms with Crippen LogP contribution in [0.3, 0.4) is 0 Å². The maximum absolute atomic E-state index is 12.6. The van der Waals surface area contributed by atoms with Gasteiger partial charge >= 0.3 is 4.87 Å². The third-order valence-corrected chi connectivity index (χ3v) is 5.68. The Morgan fingerprint density at radius 3 is 2.88 bits per heavy atom. The van der Waals surface area contributed by atoms with Gasteiger partial charge in [0.25, 0.3) is 5.91 Å². The minimum Gasteiger partial charge on any atom is -0.353 e. The van der Waals surface area contributed by atoms with Gasteiger partial charge in [-0.2, -0.15) is 5.53 Å². The van der Waals surface area contributed by atoms with Crippen molar-refractivity contribution in [3.63, 3.8) is 0 Å². The van der Waals surface area contributed by atoms with Crippen LogP contribution in [0.5, 0.6) is 0 Å². The summed E-state index contributed by atoms with van der Waals surface area (Å²) in [5.41, 5.74) is 15.2. The molecule has 1 aromatic rings. The number of fused-ring (bicyclic) bond motifs is 1. The zero-order valence-electron chi connectivity index (χ0n) is 14.2. The molecule has 0 spiro atoms. The van der Waals surface area contributed by atoms with E-state index >= 15 is 0 Å². The number of hydrogen-bond donors (Lipinski definition) is 5. The van der Waals surface area contributed by atoms with E-state index < -0.39 is 24.0 Å². The van der Waals surface area contributed by atoms with Crippen LogP contribution in [0.4, 0.5) is 5.82 Å². The van der Waals surface area contributed by atoms with Gasteiger partial charge in [0.2, 0.25) is 0 Å². The number of hydrogen-bond acceptors (Lipinski definition) is 8. The summed E-state index contributed by atoms with van der Waals surface area (Å²) in [6.45, 7) is 4.05. The van der Waals surface area contributed by atoms with Crippen molar-refractivity contribution in [1.82, 2.24) is 15.3 Å². The second kappa shape index (κ2) is 6.73. The summed E-state index contributed by atoms with van der Waals surface area (Å²) in [7, 11) is 0. The number of carbonyl (C=O) groups excluding carboxylic acids is 1. The maximum atomic E-state index is 12.6. The highest BCUT2D eigenvalue weighted by Crippen LogP contribution is 2.42. The molecule has 6 N–H and O–H groups in total. The quantitative estimate of drug-likeness (QED) is 0.374. The van der Waals surface area contributed by atoms with Crippen LogP contribution < -0.4 is 26.7 Å². The molecule has 2 aliphatic heterocycles. The Morgan fingerprint density at radius 1 is 1.48 bits per heavy atom. The van der Waals surface area contributed by atoms with Gasteiger partial charge in [-0.25, -0.2) is 0 Å². The molecule has 10 nitrogen and oxygen atoms in total. The van der Waals surface area contributed by atoms with Crippen LogP contribution in [0, 0.1) is 5.53 Å². The molecule has 1 saturated heterocycles. The van der Waals surface area contributed by atoms with Gasteiger partial charge in [0, 0.05) is 0 Å². The molecule has 0 radical (unpaired) electrons. The van der Waals surface area contributed by atoms with Crippen LogP contribution >= 0.6 is 11.3 Å². The van der Waals surface area contributed by atoms with Crippen LogP contribution in [-0.2, 0) is 4.74 Å². The normalized spacial score (nSPS) is 31.2. The summed E-state index contributed by atoms with van der Waals surface area (Å²) >= 11 is 0.850. The molecule has 25 heavy (non-hydrogen) atoms. The summed E-state index contributed by atoms with van der Waals surface area (Å²) in [6, 6.07) is 0. The van der Waals surface area contributed by atoms with Crippen molar-refractivity contribution in [3.05, 3.63) is 14.5 Å². The first kappa shape index (κ1) is 17.8. The second-order valence-electron chi connectivity index (χ2n) is 6.40. The summed E-state index contributed by atoms with van der Waals surface area (Å²) in [4.78, 5) is 24.8. The van der Waals surface area contributed by atoms with Crippen molar-refractivity contribution < 1.29 is 9.53 Å². The Bertz CT molecular complexity index is 732. The van der Waals surface area contributed by atoms with Crippen molar-refractivity contribution in [2.75, 3.05) is 5.32 Å². The number of anilines is 1. The van der Waals surface area contributed by atoms with Crippen molar-refractivity contribution in [1.29, 1.82) is 5.53 Å². The lowest BCUT2D eigenvalue weighted by Gasteiger charge is -2.32. The maximum Gasteiger partial charge on any atom is 0.311 e. The van der Waals surface area contributed by atoms with Crippen molar-refractivity contribution >= 4 is 23.1 Å². The fourth-order valence-electron chi connectivity index (χ4n) is 3.41. The standard InChI is InChI=1S/C14H23N7O3S/c1-3-5-7-6-14(15,4-2)11(24-7)21-9-8(25-13(21)23)10(22)18-12(17-9)19-20-16/h7,11-12,17H,3-6,15H2,1-2H3,(H2,16,19)(H,18,22)/t7?,11-,12?,14+/m1/s1. The Kier molecular flexibility index (Phi) is 4.80. The fourth-order valence-corrected chi connectivity index (χ4v) is 4.27. The lowest BCUT2D eigenvalue weighted by molar-refractivity contribution is -0.0223. The Hall–Kier alpha value is -1.98. The van der Waals surface area contributed by atoms with Crippen LogP contribution in [0.25, 0.3) is 0 Å². The van der Waals surface area contributed by atoms with Crippen LogP contribution in [0.1, 0.15) is 55.4 Å². The molecule has 1 amide bonds. The van der Waals surface area contributed by atoms with E-state index in [-0.39, 0.29) is 15.9 Å². The molecule has 2 aliphatic rings. The highest BCUT2D eigenvalue weighted by molar-refractivity contribution is 7.12. The van der Waals surface area contributed by atoms with E-state index in [1.54, 1.807) is 0 Å². The number of aromatic nitrogens is 1. The zero-order chi connectivity index (χ0) is 18.2. The van der Waals surface area contributed by atoms with E-state index in [2.05, 4.69) is 28.2 Å². The van der Waals surface area contributed by atoms with Crippen molar-refractivity contribution in [3.8, 4) is 0 Å². The highest BCUT2D eigenvalue weighted by atomic mass is 32.1. The highest BCUT2D eigenvalue weighted by Gasteiger charge is 2.48. The molecule has 1 fully saturated rings. The van der Waals surface area contributed by atoms with Gasteiger partial charge in [-0.05, 0) is 19.3 Å². The predicted molar refractivity (Wildman–Crippen MR) is 92.4 cm³/mol. The molecule has 3 heterocycles. The van der Waals surface area contributed by atoms with E-state index in [0.717, 1.165) is 24.2 Å². The molecule has 0 aromatic carbocycles. The number of nitrogens with one attached hydrogen (secondary N) is 4. The lowest BCUT2D eigenvalue weighted by atomic mass is 9.90.